The molecule has 1 unspecified atom stereocenters. The maximum Gasteiger partial charge on any atom is 0.358 e. The van der Waals surface area contributed by atoms with Gasteiger partial charge in [0, 0.05) is 0 Å². The van der Waals surface area contributed by atoms with Gasteiger partial charge >= 0.3 is 11.9 Å². The number of nitrogens with zero attached hydrogens (tertiary/aromatic N) is 3. The van der Waals surface area contributed by atoms with E-state index >= 15 is 0 Å². The summed E-state index contributed by atoms with van der Waals surface area (Å²) in [5.41, 5.74) is 0.204. The number of aromatic carboxylic acids is 1. The molecule has 1 rings (SSSR count). The smallest absolute Gasteiger partial charge is 0.358 e. The van der Waals surface area contributed by atoms with E-state index in [2.05, 4.69) is 10.3 Å². The van der Waals surface area contributed by atoms with Crippen LogP contribution in [-0.2, 0) is 11.2 Å². The lowest BCUT2D eigenvalue weighted by Gasteiger charge is -2.14. The molecule has 0 saturated carbocycles. The number of carbonyl (C=O) groups is 2. The van der Waals surface area contributed by atoms with Gasteiger partial charge in [-0.2, -0.15) is 0 Å². The number of carboxylic acid groups (broad SMARTS) is 2. The second kappa shape index (κ2) is 5.61. The number of rotatable bonds is 6. The van der Waals surface area contributed by atoms with Crippen molar-refractivity contribution in [2.75, 3.05) is 0 Å². The summed E-state index contributed by atoms with van der Waals surface area (Å²) < 4.78 is 1.21. The van der Waals surface area contributed by atoms with Gasteiger partial charge in [0.15, 0.2) is 11.7 Å². The Labute approximate surface area is 104 Å². The zero-order chi connectivity index (χ0) is 13.9. The van der Waals surface area contributed by atoms with Crippen molar-refractivity contribution < 1.29 is 19.8 Å². The first-order valence-electron chi connectivity index (χ1n) is 5.78. The first-order valence-corrected chi connectivity index (χ1v) is 5.78. The normalized spacial score (nSPS) is 12.7. The number of hydrogen-bond donors (Lipinski definition) is 2. The van der Waals surface area contributed by atoms with Gasteiger partial charge in [0.2, 0.25) is 0 Å². The van der Waals surface area contributed by atoms with Crippen LogP contribution >= 0.6 is 0 Å². The number of carboxylic acids is 2. The Kier molecular flexibility index (Phi) is 4.41. The van der Waals surface area contributed by atoms with E-state index in [4.69, 9.17) is 10.2 Å². The quantitative estimate of drug-likeness (QED) is 0.791. The zero-order valence-electron chi connectivity index (χ0n) is 10.6. The molecule has 0 aliphatic carbocycles. The van der Waals surface area contributed by atoms with E-state index in [1.54, 1.807) is 6.92 Å². The Hall–Kier alpha value is -1.92. The average Bonchev–Trinajstić information content (AvgIpc) is 2.62. The lowest BCUT2D eigenvalue weighted by molar-refractivity contribution is -0.141. The fraction of sp³-hybridized carbons (Fsp3) is 0.636. The highest BCUT2D eigenvalue weighted by Gasteiger charge is 2.27. The Bertz CT molecular complexity index is 453. The van der Waals surface area contributed by atoms with Crippen LogP contribution in [0.2, 0.25) is 0 Å². The molecule has 0 radical (unpaired) electrons. The molecule has 18 heavy (non-hydrogen) atoms. The SMILES string of the molecule is CCC(C(=O)O)n1nnc(C(=O)O)c1CC(C)C. The molecule has 0 aliphatic rings. The Morgan fingerprint density at radius 3 is 2.33 bits per heavy atom. The van der Waals surface area contributed by atoms with Crippen molar-refractivity contribution in [2.24, 2.45) is 5.92 Å². The van der Waals surface area contributed by atoms with E-state index in [0.717, 1.165) is 0 Å². The topological polar surface area (TPSA) is 105 Å². The van der Waals surface area contributed by atoms with Crippen LogP contribution < -0.4 is 0 Å². The number of aliphatic carboxylic acids is 1. The molecule has 0 saturated heterocycles. The minimum atomic E-state index is -1.18. The summed E-state index contributed by atoms with van der Waals surface area (Å²) >= 11 is 0. The van der Waals surface area contributed by atoms with Crippen molar-refractivity contribution in [3.05, 3.63) is 11.4 Å². The molecule has 0 aliphatic heterocycles. The molecule has 1 atom stereocenters. The molecule has 100 valence electrons. The van der Waals surface area contributed by atoms with Crippen LogP contribution in [0.1, 0.15) is 49.4 Å². The predicted molar refractivity (Wildman–Crippen MR) is 62.5 cm³/mol. The van der Waals surface area contributed by atoms with Crippen LogP contribution in [0.25, 0.3) is 0 Å². The molecular weight excluding hydrogens is 238 g/mol. The summed E-state index contributed by atoms with van der Waals surface area (Å²) in [6.07, 6.45) is 0.751. The summed E-state index contributed by atoms with van der Waals surface area (Å²) in [5, 5.41) is 25.4. The summed E-state index contributed by atoms with van der Waals surface area (Å²) in [6, 6.07) is -0.876. The van der Waals surface area contributed by atoms with Gasteiger partial charge in [0.25, 0.3) is 0 Å². The summed E-state index contributed by atoms with van der Waals surface area (Å²) in [6.45, 7) is 5.55. The first-order chi connectivity index (χ1) is 8.38. The summed E-state index contributed by atoms with van der Waals surface area (Å²) in [5.74, 6) is -2.03. The molecule has 0 aromatic carbocycles. The minimum absolute atomic E-state index is 0.164. The Balaban J connectivity index is 3.26. The molecule has 1 aromatic heterocycles. The summed E-state index contributed by atoms with van der Waals surface area (Å²) in [7, 11) is 0. The van der Waals surface area contributed by atoms with E-state index in [1.807, 2.05) is 13.8 Å². The Morgan fingerprint density at radius 1 is 1.33 bits per heavy atom. The van der Waals surface area contributed by atoms with Gasteiger partial charge in [-0.05, 0) is 18.8 Å². The van der Waals surface area contributed by atoms with Crippen LogP contribution in [0.4, 0.5) is 0 Å². The van der Waals surface area contributed by atoms with Gasteiger partial charge in [-0.15, -0.1) is 5.10 Å². The highest BCUT2D eigenvalue weighted by Crippen LogP contribution is 2.19. The van der Waals surface area contributed by atoms with Gasteiger partial charge in [0.1, 0.15) is 0 Å². The molecule has 0 spiro atoms. The molecule has 1 heterocycles. The summed E-state index contributed by atoms with van der Waals surface area (Å²) in [4.78, 5) is 22.1. The van der Waals surface area contributed by atoms with Gasteiger partial charge in [-0.25, -0.2) is 14.3 Å². The van der Waals surface area contributed by atoms with Crippen molar-refractivity contribution in [1.82, 2.24) is 15.0 Å². The average molecular weight is 255 g/mol. The van der Waals surface area contributed by atoms with E-state index in [9.17, 15) is 9.59 Å². The molecule has 7 nitrogen and oxygen atoms in total. The Morgan fingerprint density at radius 2 is 1.94 bits per heavy atom. The molecule has 2 N–H and O–H groups in total. The maximum absolute atomic E-state index is 11.1. The monoisotopic (exact) mass is 255 g/mol. The minimum Gasteiger partial charge on any atom is -0.480 e. The van der Waals surface area contributed by atoms with Crippen LogP contribution in [0.3, 0.4) is 0 Å². The van der Waals surface area contributed by atoms with Crippen molar-refractivity contribution in [1.29, 1.82) is 0 Å². The largest absolute Gasteiger partial charge is 0.480 e. The van der Waals surface area contributed by atoms with Gasteiger partial charge in [-0.3, -0.25) is 0 Å². The van der Waals surface area contributed by atoms with Crippen LogP contribution in [0.5, 0.6) is 0 Å². The predicted octanol–water partition coefficient (Wildman–Crippen LogP) is 1.21. The van der Waals surface area contributed by atoms with Crippen LogP contribution in [0.15, 0.2) is 0 Å². The van der Waals surface area contributed by atoms with Crippen molar-refractivity contribution in [3.63, 3.8) is 0 Å². The van der Waals surface area contributed by atoms with Crippen molar-refractivity contribution >= 4 is 11.9 Å². The fourth-order valence-electron chi connectivity index (χ4n) is 1.76. The fourth-order valence-corrected chi connectivity index (χ4v) is 1.76. The highest BCUT2D eigenvalue weighted by molar-refractivity contribution is 5.86. The second-order valence-corrected chi connectivity index (χ2v) is 4.49. The standard InChI is InChI=1S/C11H17N3O4/c1-4-7(10(15)16)14-8(5-6(2)3)9(11(17)18)12-13-14/h6-7H,4-5H2,1-3H3,(H,15,16)(H,17,18). The van der Waals surface area contributed by atoms with Crippen LogP contribution in [-0.4, -0.2) is 37.1 Å². The van der Waals surface area contributed by atoms with Gasteiger partial charge in [0.05, 0.1) is 5.69 Å². The molecule has 0 amide bonds. The van der Waals surface area contributed by atoms with Crippen molar-refractivity contribution in [2.45, 2.75) is 39.7 Å². The van der Waals surface area contributed by atoms with Gasteiger partial charge in [-0.1, -0.05) is 26.0 Å². The lowest BCUT2D eigenvalue weighted by Crippen LogP contribution is -2.22. The van der Waals surface area contributed by atoms with Crippen LogP contribution in [0, 0.1) is 5.92 Å². The molecule has 0 bridgehead atoms. The number of aromatic nitrogens is 3. The second-order valence-electron chi connectivity index (χ2n) is 4.49. The van der Waals surface area contributed by atoms with Gasteiger partial charge < -0.3 is 10.2 Å². The highest BCUT2D eigenvalue weighted by atomic mass is 16.4. The number of hydrogen-bond acceptors (Lipinski definition) is 4. The third kappa shape index (κ3) is 2.85. The van der Waals surface area contributed by atoms with E-state index in [1.165, 1.54) is 4.68 Å². The van der Waals surface area contributed by atoms with E-state index in [-0.39, 0.29) is 11.6 Å². The third-order valence-corrected chi connectivity index (χ3v) is 2.56. The molecule has 7 heteroatoms. The van der Waals surface area contributed by atoms with Crippen molar-refractivity contribution in [3.8, 4) is 0 Å². The zero-order valence-corrected chi connectivity index (χ0v) is 10.6. The maximum atomic E-state index is 11.1. The van der Waals surface area contributed by atoms with E-state index in [0.29, 0.717) is 18.5 Å². The first kappa shape index (κ1) is 14.1. The molecular formula is C11H17N3O4. The molecule has 0 fully saturated rings. The lowest BCUT2D eigenvalue weighted by atomic mass is 10.1. The molecule has 1 aromatic rings. The third-order valence-electron chi connectivity index (χ3n) is 2.56. The van der Waals surface area contributed by atoms with E-state index < -0.39 is 18.0 Å².